The Morgan fingerprint density at radius 1 is 1.38 bits per heavy atom. The molecule has 0 saturated carbocycles. The van der Waals surface area contributed by atoms with Gasteiger partial charge in [-0.1, -0.05) is 12.2 Å². The predicted octanol–water partition coefficient (Wildman–Crippen LogP) is 1.95. The number of ether oxygens (including phenoxy) is 1. The lowest BCUT2D eigenvalue weighted by molar-refractivity contribution is 0.0864. The molecule has 0 aromatic carbocycles. The van der Waals surface area contributed by atoms with Crippen LogP contribution < -0.4 is 11.1 Å². The van der Waals surface area contributed by atoms with E-state index in [9.17, 15) is 4.79 Å². The number of alkyl carbamates (subject to hydrolysis) is 1. The smallest absolute Gasteiger partial charge is 0.407 e. The van der Waals surface area contributed by atoms with E-state index in [1.165, 1.54) is 0 Å². The number of amides is 1. The number of carbonyl (C=O) groups is 1. The van der Waals surface area contributed by atoms with E-state index < -0.39 is 0 Å². The van der Waals surface area contributed by atoms with Crippen molar-refractivity contribution in [3.05, 3.63) is 12.2 Å². The van der Waals surface area contributed by atoms with Crippen molar-refractivity contribution in [3.8, 4) is 0 Å². The number of allylic oxidation sites excluding steroid dienone is 2. The van der Waals surface area contributed by atoms with Crippen molar-refractivity contribution in [2.24, 2.45) is 5.73 Å². The summed E-state index contributed by atoms with van der Waals surface area (Å²) in [5.74, 6) is 0. The molecule has 0 aliphatic heterocycles. The van der Waals surface area contributed by atoms with Crippen molar-refractivity contribution in [1.82, 2.24) is 5.32 Å². The second-order valence-electron chi connectivity index (χ2n) is 4.08. The molecule has 0 aromatic heterocycles. The summed E-state index contributed by atoms with van der Waals surface area (Å²) in [7, 11) is 0. The minimum atomic E-state index is -0.303. The standard InChI is InChI=1S/C12H22N2O2/c13-9-6-10-14-12(15)16-11-7-4-2-1-3-5-8-11/h1-2,11H,3-10,13H2,(H,14,15)/b2-1+/t11-/m0/s1. The summed E-state index contributed by atoms with van der Waals surface area (Å²) in [4.78, 5) is 11.4. The van der Waals surface area contributed by atoms with Crippen molar-refractivity contribution in [1.29, 1.82) is 0 Å². The third-order valence-corrected chi connectivity index (χ3v) is 2.64. The van der Waals surface area contributed by atoms with E-state index in [1.54, 1.807) is 0 Å². The summed E-state index contributed by atoms with van der Waals surface area (Å²) < 4.78 is 5.35. The summed E-state index contributed by atoms with van der Waals surface area (Å²) in [6.07, 6.45) is 10.0. The first-order chi connectivity index (χ1) is 7.83. The SMILES string of the molecule is NCCCNC(=O)O[C@H]1CC/C=C/CCC1. The Hall–Kier alpha value is -1.03. The van der Waals surface area contributed by atoms with Crippen molar-refractivity contribution in [2.75, 3.05) is 13.1 Å². The van der Waals surface area contributed by atoms with E-state index in [2.05, 4.69) is 17.5 Å². The fourth-order valence-corrected chi connectivity index (χ4v) is 1.73. The molecule has 0 aromatic rings. The first-order valence-corrected chi connectivity index (χ1v) is 6.12. The number of rotatable bonds is 4. The molecular formula is C12H22N2O2. The molecule has 0 spiro atoms. The number of nitrogens with two attached hydrogens (primary N) is 1. The quantitative estimate of drug-likeness (QED) is 0.569. The summed E-state index contributed by atoms with van der Waals surface area (Å²) in [6, 6.07) is 0. The monoisotopic (exact) mass is 226 g/mol. The topological polar surface area (TPSA) is 64.3 Å². The van der Waals surface area contributed by atoms with Crippen LogP contribution in [0.5, 0.6) is 0 Å². The first kappa shape index (κ1) is 13.0. The van der Waals surface area contributed by atoms with Gasteiger partial charge in [-0.3, -0.25) is 0 Å². The van der Waals surface area contributed by atoms with Crippen LogP contribution in [0.3, 0.4) is 0 Å². The minimum Gasteiger partial charge on any atom is -0.446 e. The highest BCUT2D eigenvalue weighted by atomic mass is 16.6. The zero-order valence-corrected chi connectivity index (χ0v) is 9.78. The van der Waals surface area contributed by atoms with Crippen LogP contribution in [-0.4, -0.2) is 25.3 Å². The summed E-state index contributed by atoms with van der Waals surface area (Å²) in [5, 5.41) is 2.71. The van der Waals surface area contributed by atoms with Crippen LogP contribution in [-0.2, 0) is 4.74 Å². The number of hydrogen-bond donors (Lipinski definition) is 2. The molecule has 4 heteroatoms. The maximum Gasteiger partial charge on any atom is 0.407 e. The highest BCUT2D eigenvalue weighted by Crippen LogP contribution is 2.15. The van der Waals surface area contributed by atoms with Gasteiger partial charge in [0.1, 0.15) is 6.10 Å². The molecule has 3 N–H and O–H groups in total. The van der Waals surface area contributed by atoms with E-state index in [4.69, 9.17) is 10.5 Å². The van der Waals surface area contributed by atoms with E-state index in [1.807, 2.05) is 0 Å². The fraction of sp³-hybridized carbons (Fsp3) is 0.750. The molecule has 0 bridgehead atoms. The normalized spacial score (nSPS) is 22.9. The third-order valence-electron chi connectivity index (χ3n) is 2.64. The van der Waals surface area contributed by atoms with Gasteiger partial charge < -0.3 is 15.8 Å². The summed E-state index contributed by atoms with van der Waals surface area (Å²) in [6.45, 7) is 1.19. The molecule has 0 heterocycles. The summed E-state index contributed by atoms with van der Waals surface area (Å²) in [5.41, 5.74) is 5.34. The van der Waals surface area contributed by atoms with Gasteiger partial charge in [-0.15, -0.1) is 0 Å². The van der Waals surface area contributed by atoms with Crippen molar-refractivity contribution in [3.63, 3.8) is 0 Å². The maximum atomic E-state index is 11.4. The molecule has 0 radical (unpaired) electrons. The van der Waals surface area contributed by atoms with Crippen molar-refractivity contribution < 1.29 is 9.53 Å². The Morgan fingerprint density at radius 3 is 3.00 bits per heavy atom. The number of carbonyl (C=O) groups excluding carboxylic acids is 1. The van der Waals surface area contributed by atoms with Gasteiger partial charge >= 0.3 is 6.09 Å². The van der Waals surface area contributed by atoms with Gasteiger partial charge in [0.25, 0.3) is 0 Å². The molecule has 4 nitrogen and oxygen atoms in total. The predicted molar refractivity (Wildman–Crippen MR) is 64.2 cm³/mol. The van der Waals surface area contributed by atoms with Gasteiger partial charge in [-0.2, -0.15) is 0 Å². The lowest BCUT2D eigenvalue weighted by Gasteiger charge is -2.18. The first-order valence-electron chi connectivity index (χ1n) is 6.12. The Morgan fingerprint density at radius 2 is 2.19 bits per heavy atom. The van der Waals surface area contributed by atoms with Gasteiger partial charge in [-0.25, -0.2) is 4.79 Å². The van der Waals surface area contributed by atoms with E-state index >= 15 is 0 Å². The minimum absolute atomic E-state index is 0.0721. The van der Waals surface area contributed by atoms with Gasteiger partial charge in [0.15, 0.2) is 0 Å². The van der Waals surface area contributed by atoms with Crippen LogP contribution >= 0.6 is 0 Å². The molecule has 1 aliphatic carbocycles. The lowest BCUT2D eigenvalue weighted by atomic mass is 10.0. The van der Waals surface area contributed by atoms with Crippen LogP contribution in [0, 0.1) is 0 Å². The van der Waals surface area contributed by atoms with Gasteiger partial charge in [-0.05, 0) is 45.1 Å². The number of hydrogen-bond acceptors (Lipinski definition) is 3. The Bertz CT molecular complexity index is 229. The molecule has 1 rings (SSSR count). The highest BCUT2D eigenvalue weighted by Gasteiger charge is 2.13. The van der Waals surface area contributed by atoms with E-state index in [0.29, 0.717) is 13.1 Å². The zero-order chi connectivity index (χ0) is 11.6. The van der Waals surface area contributed by atoms with Crippen LogP contribution in [0.15, 0.2) is 12.2 Å². The molecule has 0 fully saturated rings. The maximum absolute atomic E-state index is 11.4. The Kier molecular flexibility index (Phi) is 6.65. The average Bonchev–Trinajstić information content (AvgIpc) is 2.22. The van der Waals surface area contributed by atoms with Crippen LogP contribution in [0.4, 0.5) is 4.79 Å². The molecule has 0 saturated heterocycles. The highest BCUT2D eigenvalue weighted by molar-refractivity contribution is 5.67. The molecule has 16 heavy (non-hydrogen) atoms. The van der Waals surface area contributed by atoms with E-state index in [-0.39, 0.29) is 12.2 Å². The fourth-order valence-electron chi connectivity index (χ4n) is 1.73. The van der Waals surface area contributed by atoms with Gasteiger partial charge in [0.2, 0.25) is 0 Å². The molecular weight excluding hydrogens is 204 g/mol. The third kappa shape index (κ3) is 5.75. The Balaban J connectivity index is 2.18. The van der Waals surface area contributed by atoms with Crippen molar-refractivity contribution >= 4 is 6.09 Å². The van der Waals surface area contributed by atoms with Crippen LogP contribution in [0.2, 0.25) is 0 Å². The van der Waals surface area contributed by atoms with Crippen molar-refractivity contribution in [2.45, 2.75) is 44.6 Å². The molecule has 0 unspecified atom stereocenters. The van der Waals surface area contributed by atoms with Gasteiger partial charge in [0.05, 0.1) is 0 Å². The van der Waals surface area contributed by atoms with E-state index in [0.717, 1.165) is 38.5 Å². The second-order valence-corrected chi connectivity index (χ2v) is 4.08. The van der Waals surface area contributed by atoms with Crippen LogP contribution in [0.25, 0.3) is 0 Å². The molecule has 1 amide bonds. The van der Waals surface area contributed by atoms with Gasteiger partial charge in [0, 0.05) is 6.54 Å². The average molecular weight is 226 g/mol. The summed E-state index contributed by atoms with van der Waals surface area (Å²) >= 11 is 0. The zero-order valence-electron chi connectivity index (χ0n) is 9.78. The number of nitrogens with one attached hydrogen (secondary N) is 1. The second kappa shape index (κ2) is 8.16. The largest absolute Gasteiger partial charge is 0.446 e. The molecule has 1 aliphatic rings. The molecule has 92 valence electrons. The molecule has 1 atom stereocenters. The Labute approximate surface area is 97.2 Å². The lowest BCUT2D eigenvalue weighted by Crippen LogP contribution is -2.30. The van der Waals surface area contributed by atoms with Crippen LogP contribution in [0.1, 0.15) is 38.5 Å².